The van der Waals surface area contributed by atoms with Gasteiger partial charge in [0.15, 0.2) is 0 Å². The van der Waals surface area contributed by atoms with Crippen LogP contribution in [0.2, 0.25) is 0 Å². The SMILES string of the molecule is CC(C)N(CCO)c1ccncc1N. The first-order valence-electron chi connectivity index (χ1n) is 4.73. The van der Waals surface area contributed by atoms with E-state index in [1.807, 2.05) is 6.07 Å². The second kappa shape index (κ2) is 4.81. The van der Waals surface area contributed by atoms with Crippen LogP contribution in [0.4, 0.5) is 11.4 Å². The van der Waals surface area contributed by atoms with E-state index in [1.54, 1.807) is 12.4 Å². The van der Waals surface area contributed by atoms with Crippen molar-refractivity contribution in [2.24, 2.45) is 0 Å². The third-order valence-electron chi connectivity index (χ3n) is 2.10. The van der Waals surface area contributed by atoms with Crippen molar-refractivity contribution >= 4 is 11.4 Å². The van der Waals surface area contributed by atoms with Gasteiger partial charge in [-0.1, -0.05) is 0 Å². The van der Waals surface area contributed by atoms with E-state index in [-0.39, 0.29) is 6.61 Å². The highest BCUT2D eigenvalue weighted by Crippen LogP contribution is 2.22. The third-order valence-corrected chi connectivity index (χ3v) is 2.10. The molecule has 1 aromatic heterocycles. The topological polar surface area (TPSA) is 62.4 Å². The average molecular weight is 195 g/mol. The largest absolute Gasteiger partial charge is 0.396 e. The molecule has 0 spiro atoms. The third kappa shape index (κ3) is 2.35. The summed E-state index contributed by atoms with van der Waals surface area (Å²) >= 11 is 0. The van der Waals surface area contributed by atoms with Gasteiger partial charge in [-0.15, -0.1) is 0 Å². The zero-order valence-electron chi connectivity index (χ0n) is 8.64. The number of nitrogens with zero attached hydrogens (tertiary/aromatic N) is 2. The number of nitrogens with two attached hydrogens (primary N) is 1. The minimum Gasteiger partial charge on any atom is -0.396 e. The van der Waals surface area contributed by atoms with Crippen molar-refractivity contribution in [1.82, 2.24) is 4.98 Å². The molecule has 78 valence electrons. The van der Waals surface area contributed by atoms with Gasteiger partial charge in [-0.25, -0.2) is 0 Å². The molecule has 0 aliphatic heterocycles. The van der Waals surface area contributed by atoms with Crippen molar-refractivity contribution in [1.29, 1.82) is 0 Å². The van der Waals surface area contributed by atoms with Crippen LogP contribution in [0.25, 0.3) is 0 Å². The van der Waals surface area contributed by atoms with E-state index < -0.39 is 0 Å². The summed E-state index contributed by atoms with van der Waals surface area (Å²) in [5.41, 5.74) is 7.39. The Balaban J connectivity index is 2.93. The highest BCUT2D eigenvalue weighted by Gasteiger charge is 2.11. The molecular weight excluding hydrogens is 178 g/mol. The maximum atomic E-state index is 8.94. The molecule has 0 saturated carbocycles. The Bertz CT molecular complexity index is 288. The minimum absolute atomic E-state index is 0.125. The predicted molar refractivity (Wildman–Crippen MR) is 58.2 cm³/mol. The van der Waals surface area contributed by atoms with Crippen LogP contribution < -0.4 is 10.6 Å². The number of anilines is 2. The Morgan fingerprint density at radius 1 is 1.57 bits per heavy atom. The van der Waals surface area contributed by atoms with Gasteiger partial charge in [0.2, 0.25) is 0 Å². The normalized spacial score (nSPS) is 10.6. The standard InChI is InChI=1S/C10H17N3O/c1-8(2)13(5-6-14)10-3-4-12-7-9(10)11/h3-4,7-8,14H,5-6,11H2,1-2H3. The first-order chi connectivity index (χ1) is 6.66. The van der Waals surface area contributed by atoms with Crippen molar-refractivity contribution in [3.05, 3.63) is 18.5 Å². The van der Waals surface area contributed by atoms with Crippen molar-refractivity contribution in [3.63, 3.8) is 0 Å². The lowest BCUT2D eigenvalue weighted by Crippen LogP contribution is -2.33. The van der Waals surface area contributed by atoms with Crippen LogP contribution in [0.5, 0.6) is 0 Å². The summed E-state index contributed by atoms with van der Waals surface area (Å²) in [6, 6.07) is 2.18. The van der Waals surface area contributed by atoms with Crippen LogP contribution in [0.1, 0.15) is 13.8 Å². The molecule has 14 heavy (non-hydrogen) atoms. The van der Waals surface area contributed by atoms with Crippen LogP contribution in [0, 0.1) is 0 Å². The van der Waals surface area contributed by atoms with Gasteiger partial charge < -0.3 is 15.7 Å². The molecule has 1 aromatic rings. The Kier molecular flexibility index (Phi) is 3.71. The number of hydrogen-bond donors (Lipinski definition) is 2. The number of rotatable bonds is 4. The molecule has 0 amide bonds. The Morgan fingerprint density at radius 3 is 2.79 bits per heavy atom. The molecule has 4 heteroatoms. The van der Waals surface area contributed by atoms with Crippen molar-refractivity contribution in [3.8, 4) is 0 Å². The Morgan fingerprint density at radius 2 is 2.29 bits per heavy atom. The summed E-state index contributed by atoms with van der Waals surface area (Å²) in [5.74, 6) is 0. The van der Waals surface area contributed by atoms with Gasteiger partial charge in [0.1, 0.15) is 0 Å². The van der Waals surface area contributed by atoms with E-state index >= 15 is 0 Å². The fourth-order valence-corrected chi connectivity index (χ4v) is 1.43. The fraction of sp³-hybridized carbons (Fsp3) is 0.500. The van der Waals surface area contributed by atoms with Crippen LogP contribution in [-0.2, 0) is 0 Å². The van der Waals surface area contributed by atoms with Gasteiger partial charge >= 0.3 is 0 Å². The lowest BCUT2D eigenvalue weighted by molar-refractivity contribution is 0.299. The summed E-state index contributed by atoms with van der Waals surface area (Å²) in [4.78, 5) is 5.99. The molecule has 0 fully saturated rings. The summed E-state index contributed by atoms with van der Waals surface area (Å²) < 4.78 is 0. The van der Waals surface area contributed by atoms with E-state index in [4.69, 9.17) is 10.8 Å². The molecule has 0 aromatic carbocycles. The fourth-order valence-electron chi connectivity index (χ4n) is 1.43. The lowest BCUT2D eigenvalue weighted by atomic mass is 10.2. The van der Waals surface area contributed by atoms with Crippen LogP contribution in [-0.4, -0.2) is 29.3 Å². The number of hydrogen-bond acceptors (Lipinski definition) is 4. The first kappa shape index (κ1) is 10.8. The maximum absolute atomic E-state index is 8.94. The molecule has 1 rings (SSSR count). The molecule has 3 N–H and O–H groups in total. The first-order valence-corrected chi connectivity index (χ1v) is 4.73. The van der Waals surface area contributed by atoms with Gasteiger partial charge in [-0.3, -0.25) is 4.98 Å². The van der Waals surface area contributed by atoms with Gasteiger partial charge in [-0.05, 0) is 19.9 Å². The van der Waals surface area contributed by atoms with Crippen molar-refractivity contribution in [2.45, 2.75) is 19.9 Å². The highest BCUT2D eigenvalue weighted by atomic mass is 16.3. The van der Waals surface area contributed by atoms with E-state index in [9.17, 15) is 0 Å². The molecule has 0 radical (unpaired) electrons. The van der Waals surface area contributed by atoms with Crippen molar-refractivity contribution < 1.29 is 5.11 Å². The van der Waals surface area contributed by atoms with E-state index in [2.05, 4.69) is 23.7 Å². The van der Waals surface area contributed by atoms with Crippen LogP contribution in [0.3, 0.4) is 0 Å². The summed E-state index contributed by atoms with van der Waals surface area (Å²) in [5, 5.41) is 8.94. The number of aliphatic hydroxyl groups excluding tert-OH is 1. The van der Waals surface area contributed by atoms with E-state index in [0.717, 1.165) is 5.69 Å². The number of nitrogen functional groups attached to an aromatic ring is 1. The monoisotopic (exact) mass is 195 g/mol. The molecule has 0 saturated heterocycles. The van der Waals surface area contributed by atoms with E-state index in [1.165, 1.54) is 0 Å². The zero-order chi connectivity index (χ0) is 10.6. The second-order valence-corrected chi connectivity index (χ2v) is 3.45. The summed E-state index contributed by atoms with van der Waals surface area (Å²) in [6.07, 6.45) is 3.33. The molecule has 0 atom stereocenters. The lowest BCUT2D eigenvalue weighted by Gasteiger charge is -2.29. The molecule has 0 bridgehead atoms. The van der Waals surface area contributed by atoms with E-state index in [0.29, 0.717) is 18.3 Å². The predicted octanol–water partition coefficient (Wildman–Crippen LogP) is 0.871. The molecule has 4 nitrogen and oxygen atoms in total. The Hall–Kier alpha value is -1.29. The van der Waals surface area contributed by atoms with Gasteiger partial charge in [0.05, 0.1) is 24.2 Å². The van der Waals surface area contributed by atoms with Crippen LogP contribution >= 0.6 is 0 Å². The van der Waals surface area contributed by atoms with Crippen LogP contribution in [0.15, 0.2) is 18.5 Å². The molecule has 0 unspecified atom stereocenters. The van der Waals surface area contributed by atoms with Gasteiger partial charge in [0.25, 0.3) is 0 Å². The number of aliphatic hydroxyl groups is 1. The highest BCUT2D eigenvalue weighted by molar-refractivity contribution is 5.66. The quantitative estimate of drug-likeness (QED) is 0.748. The Labute approximate surface area is 84.4 Å². The molecular formula is C10H17N3O. The zero-order valence-corrected chi connectivity index (χ0v) is 8.64. The second-order valence-electron chi connectivity index (χ2n) is 3.45. The molecule has 0 aliphatic carbocycles. The maximum Gasteiger partial charge on any atom is 0.0738 e. The van der Waals surface area contributed by atoms with Gasteiger partial charge in [-0.2, -0.15) is 0 Å². The number of pyridine rings is 1. The smallest absolute Gasteiger partial charge is 0.0738 e. The summed E-state index contributed by atoms with van der Waals surface area (Å²) in [6.45, 7) is 4.84. The van der Waals surface area contributed by atoms with Crippen molar-refractivity contribution in [2.75, 3.05) is 23.8 Å². The van der Waals surface area contributed by atoms with Gasteiger partial charge in [0, 0.05) is 18.8 Å². The average Bonchev–Trinajstić information content (AvgIpc) is 2.15. The summed E-state index contributed by atoms with van der Waals surface area (Å²) in [7, 11) is 0. The number of aromatic nitrogens is 1. The minimum atomic E-state index is 0.125. The molecule has 1 heterocycles. The molecule has 0 aliphatic rings.